The van der Waals surface area contributed by atoms with E-state index in [9.17, 15) is 0 Å². The Balaban J connectivity index is 1.63. The van der Waals surface area contributed by atoms with Crippen LogP contribution >= 0.6 is 0 Å². The van der Waals surface area contributed by atoms with Crippen molar-refractivity contribution in [3.8, 4) is 0 Å². The third kappa shape index (κ3) is 2.28. The topological polar surface area (TPSA) is 15.3 Å². The smallest absolute Gasteiger partial charge is 0.0234 e. The summed E-state index contributed by atoms with van der Waals surface area (Å²) in [6.07, 6.45) is 4.09. The first-order valence-corrected chi connectivity index (χ1v) is 6.42. The molecule has 0 aliphatic carbocycles. The second-order valence-electron chi connectivity index (χ2n) is 5.15. The van der Waals surface area contributed by atoms with Crippen molar-refractivity contribution in [2.24, 2.45) is 0 Å². The zero-order chi connectivity index (χ0) is 10.8. The highest BCUT2D eigenvalue weighted by Gasteiger charge is 2.28. The van der Waals surface area contributed by atoms with Gasteiger partial charge in [-0.1, -0.05) is 30.3 Å². The summed E-state index contributed by atoms with van der Waals surface area (Å²) in [5, 5.41) is 3.73. The lowest BCUT2D eigenvalue weighted by Crippen LogP contribution is -2.34. The van der Waals surface area contributed by atoms with Crippen molar-refractivity contribution in [3.05, 3.63) is 35.9 Å². The average Bonchev–Trinajstić information content (AvgIpc) is 2.64. The third-order valence-corrected chi connectivity index (χ3v) is 3.86. The van der Waals surface area contributed by atoms with Crippen LogP contribution in [0.4, 0.5) is 0 Å². The maximum absolute atomic E-state index is 3.73. The normalized spacial score (nSPS) is 30.2. The highest BCUT2D eigenvalue weighted by atomic mass is 15.2. The van der Waals surface area contributed by atoms with Crippen molar-refractivity contribution in [2.45, 2.75) is 37.9 Å². The number of rotatable bonds is 2. The average molecular weight is 216 g/mol. The SMILES string of the molecule is c1ccc(CN2CCC3CCC(C2)N3)cc1. The van der Waals surface area contributed by atoms with Crippen molar-refractivity contribution >= 4 is 0 Å². The van der Waals surface area contributed by atoms with Crippen LogP contribution in [0.5, 0.6) is 0 Å². The first-order chi connectivity index (χ1) is 7.90. The molecule has 0 spiro atoms. The fourth-order valence-electron chi connectivity index (χ4n) is 3.00. The highest BCUT2D eigenvalue weighted by Crippen LogP contribution is 2.21. The predicted molar refractivity (Wildman–Crippen MR) is 66.3 cm³/mol. The van der Waals surface area contributed by atoms with Gasteiger partial charge in [0.1, 0.15) is 0 Å². The molecule has 0 saturated carbocycles. The van der Waals surface area contributed by atoms with Gasteiger partial charge in [0.25, 0.3) is 0 Å². The molecule has 2 nitrogen and oxygen atoms in total. The molecule has 16 heavy (non-hydrogen) atoms. The quantitative estimate of drug-likeness (QED) is 0.813. The monoisotopic (exact) mass is 216 g/mol. The van der Waals surface area contributed by atoms with Gasteiger partial charge in [-0.05, 0) is 24.8 Å². The Morgan fingerprint density at radius 2 is 1.88 bits per heavy atom. The Morgan fingerprint density at radius 1 is 1.06 bits per heavy atom. The molecule has 1 aromatic carbocycles. The summed E-state index contributed by atoms with van der Waals surface area (Å²) in [6, 6.07) is 12.4. The van der Waals surface area contributed by atoms with Crippen LogP contribution in [0, 0.1) is 0 Å². The molecule has 0 amide bonds. The molecule has 1 aromatic rings. The molecule has 2 saturated heterocycles. The second-order valence-corrected chi connectivity index (χ2v) is 5.15. The van der Waals surface area contributed by atoms with Gasteiger partial charge in [-0.2, -0.15) is 0 Å². The fourth-order valence-corrected chi connectivity index (χ4v) is 3.00. The fraction of sp³-hybridized carbons (Fsp3) is 0.571. The summed E-state index contributed by atoms with van der Waals surface area (Å²) in [5.74, 6) is 0. The van der Waals surface area contributed by atoms with Gasteiger partial charge >= 0.3 is 0 Å². The minimum Gasteiger partial charge on any atom is -0.310 e. The minimum atomic E-state index is 0.746. The van der Waals surface area contributed by atoms with Crippen LogP contribution in [0.25, 0.3) is 0 Å². The molecule has 2 heterocycles. The molecule has 3 rings (SSSR count). The lowest BCUT2D eigenvalue weighted by Gasteiger charge is -2.23. The van der Waals surface area contributed by atoms with Crippen molar-refractivity contribution in [1.29, 1.82) is 0 Å². The van der Waals surface area contributed by atoms with Crippen molar-refractivity contribution in [3.63, 3.8) is 0 Å². The summed E-state index contributed by atoms with van der Waals surface area (Å²) in [6.45, 7) is 3.60. The number of hydrogen-bond acceptors (Lipinski definition) is 2. The largest absolute Gasteiger partial charge is 0.310 e. The van der Waals surface area contributed by atoms with E-state index in [1.165, 1.54) is 37.9 Å². The summed E-state index contributed by atoms with van der Waals surface area (Å²) in [4.78, 5) is 2.60. The van der Waals surface area contributed by atoms with Gasteiger partial charge in [-0.25, -0.2) is 0 Å². The molecule has 2 unspecified atom stereocenters. The van der Waals surface area contributed by atoms with Gasteiger partial charge in [-0.3, -0.25) is 4.90 Å². The van der Waals surface area contributed by atoms with E-state index in [1.54, 1.807) is 0 Å². The van der Waals surface area contributed by atoms with Crippen LogP contribution < -0.4 is 5.32 Å². The van der Waals surface area contributed by atoms with Crippen LogP contribution in [-0.4, -0.2) is 30.1 Å². The van der Waals surface area contributed by atoms with E-state index < -0.39 is 0 Å². The van der Waals surface area contributed by atoms with Gasteiger partial charge in [0.15, 0.2) is 0 Å². The van der Waals surface area contributed by atoms with E-state index >= 15 is 0 Å². The second kappa shape index (κ2) is 4.56. The minimum absolute atomic E-state index is 0.746. The molecule has 2 aliphatic rings. The van der Waals surface area contributed by atoms with E-state index in [-0.39, 0.29) is 0 Å². The first kappa shape index (κ1) is 10.3. The maximum Gasteiger partial charge on any atom is 0.0234 e. The van der Waals surface area contributed by atoms with Crippen LogP contribution in [0.3, 0.4) is 0 Å². The standard InChI is InChI=1S/C14H20N2/c1-2-4-12(5-3-1)10-16-9-8-13-6-7-14(11-16)15-13/h1-5,13-15H,6-11H2. The van der Waals surface area contributed by atoms with Crippen molar-refractivity contribution in [2.75, 3.05) is 13.1 Å². The van der Waals surface area contributed by atoms with Gasteiger partial charge in [0.05, 0.1) is 0 Å². The van der Waals surface area contributed by atoms with E-state index in [4.69, 9.17) is 0 Å². The molecule has 2 atom stereocenters. The third-order valence-electron chi connectivity index (χ3n) is 3.86. The van der Waals surface area contributed by atoms with Gasteiger partial charge in [0, 0.05) is 31.7 Å². The van der Waals surface area contributed by atoms with Crippen LogP contribution in [-0.2, 0) is 6.54 Å². The lowest BCUT2D eigenvalue weighted by molar-refractivity contribution is 0.251. The number of fused-ring (bicyclic) bond motifs is 2. The molecule has 0 aromatic heterocycles. The predicted octanol–water partition coefficient (Wildman–Crippen LogP) is 2.01. The van der Waals surface area contributed by atoms with Crippen LogP contribution in [0.2, 0.25) is 0 Å². The molecule has 86 valence electrons. The highest BCUT2D eigenvalue weighted by molar-refractivity contribution is 5.14. The van der Waals surface area contributed by atoms with Gasteiger partial charge < -0.3 is 5.32 Å². The molecule has 1 N–H and O–H groups in total. The summed E-state index contributed by atoms with van der Waals surface area (Å²) < 4.78 is 0. The summed E-state index contributed by atoms with van der Waals surface area (Å²) in [7, 11) is 0. The van der Waals surface area contributed by atoms with Crippen molar-refractivity contribution < 1.29 is 0 Å². The molecular formula is C14H20N2. The Morgan fingerprint density at radius 3 is 2.75 bits per heavy atom. The Bertz CT molecular complexity index is 336. The number of nitrogens with zero attached hydrogens (tertiary/aromatic N) is 1. The molecule has 2 bridgehead atoms. The zero-order valence-electron chi connectivity index (χ0n) is 9.73. The van der Waals surface area contributed by atoms with Crippen LogP contribution in [0.1, 0.15) is 24.8 Å². The van der Waals surface area contributed by atoms with E-state index in [2.05, 4.69) is 40.5 Å². The molecule has 2 heteroatoms. The van der Waals surface area contributed by atoms with E-state index in [0.717, 1.165) is 18.6 Å². The van der Waals surface area contributed by atoms with E-state index in [0.29, 0.717) is 0 Å². The molecule has 2 aliphatic heterocycles. The van der Waals surface area contributed by atoms with E-state index in [1.807, 2.05) is 0 Å². The zero-order valence-corrected chi connectivity index (χ0v) is 9.73. The summed E-state index contributed by atoms with van der Waals surface area (Å²) in [5.41, 5.74) is 1.44. The Labute approximate surface area is 97.6 Å². The number of nitrogens with one attached hydrogen (secondary N) is 1. The Hall–Kier alpha value is -0.860. The molecular weight excluding hydrogens is 196 g/mol. The number of likely N-dealkylation sites (tertiary alicyclic amines) is 1. The van der Waals surface area contributed by atoms with Gasteiger partial charge in [-0.15, -0.1) is 0 Å². The summed E-state index contributed by atoms with van der Waals surface area (Å²) >= 11 is 0. The maximum atomic E-state index is 3.73. The van der Waals surface area contributed by atoms with Crippen molar-refractivity contribution in [1.82, 2.24) is 10.2 Å². The first-order valence-electron chi connectivity index (χ1n) is 6.42. The van der Waals surface area contributed by atoms with Crippen LogP contribution in [0.15, 0.2) is 30.3 Å². The number of benzene rings is 1. The van der Waals surface area contributed by atoms with Gasteiger partial charge in [0.2, 0.25) is 0 Å². The Kier molecular flexibility index (Phi) is 2.94. The molecule has 2 fully saturated rings. The number of hydrogen-bond donors (Lipinski definition) is 1. The molecule has 0 radical (unpaired) electrons. The lowest BCUT2D eigenvalue weighted by atomic mass is 10.1.